The van der Waals surface area contributed by atoms with E-state index in [4.69, 9.17) is 5.11 Å². The van der Waals surface area contributed by atoms with Crippen molar-refractivity contribution in [2.24, 2.45) is 17.3 Å². The number of allylic oxidation sites excluding steroid dienone is 4. The lowest BCUT2D eigenvalue weighted by Gasteiger charge is -2.56. The lowest BCUT2D eigenvalue weighted by molar-refractivity contribution is -0.362. The summed E-state index contributed by atoms with van der Waals surface area (Å²) in [5, 5.41) is 24.9. The molecule has 0 radical (unpaired) electrons. The van der Waals surface area contributed by atoms with Crippen LogP contribution >= 0.6 is 0 Å². The van der Waals surface area contributed by atoms with Crippen LogP contribution in [0.25, 0.3) is 0 Å². The van der Waals surface area contributed by atoms with Crippen molar-refractivity contribution in [3.63, 3.8) is 0 Å². The van der Waals surface area contributed by atoms with Gasteiger partial charge in [0.2, 0.25) is 0 Å². The van der Waals surface area contributed by atoms with E-state index in [1.807, 2.05) is 0 Å². The minimum atomic E-state index is -5.91. The summed E-state index contributed by atoms with van der Waals surface area (Å²) in [4.78, 5) is 34.5. The Morgan fingerprint density at radius 3 is 2.42 bits per heavy atom. The van der Waals surface area contributed by atoms with Gasteiger partial charge in [-0.2, -0.15) is 22.0 Å². The first-order chi connectivity index (χ1) is 21.1. The van der Waals surface area contributed by atoms with Crippen LogP contribution in [0.1, 0.15) is 75.3 Å². The number of carboxylic acids is 1. The molecule has 0 aliphatic heterocycles. The standard InChI is InChI=1S/C33H35F5N2O5/c1-30-18-25(20-6-4-19(5-7-20)3-2-15-39-29(44)40-16-13-27(42)43)28-23-11-9-22(41)17-21(23)8-10-24(28)26(30)12-14-31(30,45)32(34,35)33(36,37)38/h4-7,17,24-26,45H,8-16,18H2,1H3,(H,42,43)(H2,39,40,44)/t24-,25+,26-,30-,31-/m0/s1. The lowest BCUT2D eigenvalue weighted by Crippen LogP contribution is -2.65. The van der Waals surface area contributed by atoms with Gasteiger partial charge in [-0.05, 0) is 85.3 Å². The average Bonchev–Trinajstić information content (AvgIpc) is 3.25. The van der Waals surface area contributed by atoms with Gasteiger partial charge < -0.3 is 20.8 Å². The van der Waals surface area contributed by atoms with Crippen LogP contribution in [0.3, 0.4) is 0 Å². The second kappa shape index (κ2) is 11.9. The van der Waals surface area contributed by atoms with E-state index in [1.54, 1.807) is 30.3 Å². The Labute approximate surface area is 257 Å². The summed E-state index contributed by atoms with van der Waals surface area (Å²) in [5.41, 5.74) is -0.838. The molecule has 0 spiro atoms. The van der Waals surface area contributed by atoms with Crippen molar-refractivity contribution < 1.29 is 46.5 Å². The van der Waals surface area contributed by atoms with E-state index >= 15 is 8.78 Å². The first-order valence-electron chi connectivity index (χ1n) is 15.0. The van der Waals surface area contributed by atoms with Gasteiger partial charge in [0.25, 0.3) is 0 Å². The molecule has 2 fully saturated rings. The molecular weight excluding hydrogens is 599 g/mol. The summed E-state index contributed by atoms with van der Waals surface area (Å²) in [5.74, 6) is -2.07. The van der Waals surface area contributed by atoms with Crippen LogP contribution in [-0.4, -0.2) is 58.8 Å². The van der Waals surface area contributed by atoms with E-state index in [2.05, 4.69) is 22.5 Å². The second-order valence-corrected chi connectivity index (χ2v) is 12.6. The summed E-state index contributed by atoms with van der Waals surface area (Å²) < 4.78 is 71.5. The van der Waals surface area contributed by atoms with Crippen molar-refractivity contribution in [2.75, 3.05) is 13.1 Å². The van der Waals surface area contributed by atoms with E-state index in [0.717, 1.165) is 16.7 Å². The fraction of sp³-hybridized carbons (Fsp3) is 0.545. The summed E-state index contributed by atoms with van der Waals surface area (Å²) in [6, 6.07) is 6.37. The van der Waals surface area contributed by atoms with Crippen LogP contribution in [-0.2, 0) is 9.59 Å². The summed E-state index contributed by atoms with van der Waals surface area (Å²) in [7, 11) is 0. The molecule has 242 valence electrons. The lowest BCUT2D eigenvalue weighted by atomic mass is 9.50. The molecule has 1 aromatic rings. The van der Waals surface area contributed by atoms with Gasteiger partial charge >= 0.3 is 24.1 Å². The maximum Gasteiger partial charge on any atom is 0.456 e. The zero-order valence-electron chi connectivity index (χ0n) is 24.7. The van der Waals surface area contributed by atoms with Gasteiger partial charge in [-0.15, -0.1) is 0 Å². The molecule has 5 rings (SSSR count). The van der Waals surface area contributed by atoms with Crippen LogP contribution in [0, 0.1) is 29.1 Å². The highest BCUT2D eigenvalue weighted by Crippen LogP contribution is 2.70. The molecule has 2 amide bonds. The third kappa shape index (κ3) is 5.75. The first-order valence-corrected chi connectivity index (χ1v) is 15.0. The number of carbonyl (C=O) groups is 3. The van der Waals surface area contributed by atoms with Crippen molar-refractivity contribution in [1.29, 1.82) is 0 Å². The van der Waals surface area contributed by atoms with Crippen molar-refractivity contribution in [3.8, 4) is 11.8 Å². The number of carboxylic acid groups (broad SMARTS) is 1. The molecular formula is C33H35F5N2O5. The molecule has 7 nitrogen and oxygen atoms in total. The maximum absolute atomic E-state index is 15.1. The number of alkyl halides is 5. The normalized spacial score (nSPS) is 29.4. The number of amides is 2. The molecule has 5 atom stereocenters. The number of rotatable bonds is 6. The number of halogens is 5. The number of aliphatic hydroxyl groups is 1. The van der Waals surface area contributed by atoms with Crippen LogP contribution in [0.2, 0.25) is 0 Å². The number of benzene rings is 1. The maximum atomic E-state index is 15.1. The van der Waals surface area contributed by atoms with E-state index in [-0.39, 0.29) is 44.1 Å². The predicted molar refractivity (Wildman–Crippen MR) is 153 cm³/mol. The molecule has 2 saturated carbocycles. The minimum Gasteiger partial charge on any atom is -0.481 e. The Morgan fingerprint density at radius 1 is 1.04 bits per heavy atom. The van der Waals surface area contributed by atoms with Crippen LogP contribution in [0.4, 0.5) is 26.7 Å². The topological polar surface area (TPSA) is 116 Å². The molecule has 0 unspecified atom stereocenters. The number of urea groups is 1. The van der Waals surface area contributed by atoms with Gasteiger partial charge in [0.05, 0.1) is 13.0 Å². The predicted octanol–water partition coefficient (Wildman–Crippen LogP) is 5.64. The Kier molecular flexibility index (Phi) is 8.64. The van der Waals surface area contributed by atoms with Crippen LogP contribution < -0.4 is 10.6 Å². The SMILES string of the molecule is C[C@]12C[C@H](c3ccc(C#CCNC(=O)NCCC(=O)O)cc3)C3=C4CCC(=O)C=C4CC[C@H]3[C@@H]1CC[C@@]2(O)C(F)(F)C(F)(F)F. The molecule has 4 aliphatic carbocycles. The molecule has 4 aliphatic rings. The molecule has 45 heavy (non-hydrogen) atoms. The van der Waals surface area contributed by atoms with E-state index in [1.165, 1.54) is 6.92 Å². The zero-order valence-corrected chi connectivity index (χ0v) is 24.7. The second-order valence-electron chi connectivity index (χ2n) is 12.6. The highest BCUT2D eigenvalue weighted by molar-refractivity contribution is 5.93. The van der Waals surface area contributed by atoms with Crippen LogP contribution in [0.5, 0.6) is 0 Å². The quantitative estimate of drug-likeness (QED) is 0.239. The van der Waals surface area contributed by atoms with Crippen molar-refractivity contribution in [1.82, 2.24) is 10.6 Å². The molecule has 12 heteroatoms. The first kappa shape index (κ1) is 32.7. The summed E-state index contributed by atoms with van der Waals surface area (Å²) in [6.45, 7) is 1.34. The molecule has 1 aromatic carbocycles. The van der Waals surface area contributed by atoms with Crippen LogP contribution in [0.15, 0.2) is 47.1 Å². The minimum absolute atomic E-state index is 0.0131. The summed E-state index contributed by atoms with van der Waals surface area (Å²) in [6.07, 6.45) is -3.39. The molecule has 0 bridgehead atoms. The Balaban J connectivity index is 1.45. The van der Waals surface area contributed by atoms with Gasteiger partial charge in [0.1, 0.15) is 5.60 Å². The number of nitrogens with one attached hydrogen (secondary N) is 2. The molecule has 4 N–H and O–H groups in total. The van der Waals surface area contributed by atoms with Gasteiger partial charge in [0.15, 0.2) is 5.78 Å². The smallest absolute Gasteiger partial charge is 0.456 e. The highest BCUT2D eigenvalue weighted by atomic mass is 19.4. The van der Waals surface area contributed by atoms with E-state index in [9.17, 15) is 32.7 Å². The zero-order chi connectivity index (χ0) is 32.8. The monoisotopic (exact) mass is 634 g/mol. The molecule has 0 saturated heterocycles. The van der Waals surface area contributed by atoms with Gasteiger partial charge in [0, 0.05) is 29.9 Å². The Bertz CT molecular complexity index is 1510. The molecule has 0 heterocycles. The molecule has 0 aromatic heterocycles. The van der Waals surface area contributed by atoms with E-state index in [0.29, 0.717) is 36.8 Å². The fourth-order valence-corrected chi connectivity index (χ4v) is 8.13. The Morgan fingerprint density at radius 2 is 1.76 bits per heavy atom. The van der Waals surface area contributed by atoms with Gasteiger partial charge in [-0.3, -0.25) is 9.59 Å². The van der Waals surface area contributed by atoms with Crippen molar-refractivity contribution in [2.45, 2.75) is 81.9 Å². The number of hydrogen-bond acceptors (Lipinski definition) is 4. The van der Waals surface area contributed by atoms with Gasteiger partial charge in [-0.25, -0.2) is 4.79 Å². The number of hydrogen-bond donors (Lipinski definition) is 4. The number of aliphatic carboxylic acids is 1. The van der Waals surface area contributed by atoms with Crippen molar-refractivity contribution >= 4 is 17.8 Å². The Hall–Kier alpha value is -3.72. The number of fused-ring (bicyclic) bond motifs is 4. The third-order valence-corrected chi connectivity index (χ3v) is 10.3. The summed E-state index contributed by atoms with van der Waals surface area (Å²) >= 11 is 0. The van der Waals surface area contributed by atoms with E-state index < -0.39 is 53.4 Å². The van der Waals surface area contributed by atoms with Gasteiger partial charge in [-0.1, -0.05) is 36.5 Å². The number of carbonyl (C=O) groups excluding carboxylic acids is 2. The highest BCUT2D eigenvalue weighted by Gasteiger charge is 2.79. The number of ketones is 1. The average molecular weight is 635 g/mol. The van der Waals surface area contributed by atoms with Crippen molar-refractivity contribution in [3.05, 3.63) is 58.2 Å². The largest absolute Gasteiger partial charge is 0.481 e. The fourth-order valence-electron chi connectivity index (χ4n) is 8.13. The third-order valence-electron chi connectivity index (χ3n) is 10.3.